The second kappa shape index (κ2) is 4.66. The first-order valence-electron chi connectivity index (χ1n) is 7.32. The second-order valence-electron chi connectivity index (χ2n) is 5.59. The quantitative estimate of drug-likeness (QED) is 0.714. The summed E-state index contributed by atoms with van der Waals surface area (Å²) in [6.45, 7) is 8.18. The minimum absolute atomic E-state index is 0.660. The molecular weight excluding hydrogens is 266 g/mol. The molecule has 0 unspecified atom stereocenters. The molecule has 6 nitrogen and oxygen atoms in total. The summed E-state index contributed by atoms with van der Waals surface area (Å²) in [5.74, 6) is 0.892. The van der Waals surface area contributed by atoms with E-state index in [1.54, 1.807) is 6.33 Å². The van der Waals surface area contributed by atoms with Gasteiger partial charge in [-0.1, -0.05) is 0 Å². The van der Waals surface area contributed by atoms with E-state index in [0.29, 0.717) is 5.71 Å². The highest BCUT2D eigenvalue weighted by Gasteiger charge is 2.22. The van der Waals surface area contributed by atoms with Gasteiger partial charge in [0.25, 0.3) is 0 Å². The van der Waals surface area contributed by atoms with Crippen LogP contribution in [0.1, 0.15) is 11.3 Å². The Kier molecular flexibility index (Phi) is 2.78. The van der Waals surface area contributed by atoms with E-state index >= 15 is 0 Å². The Morgan fingerprint density at radius 3 is 2.81 bits per heavy atom. The zero-order chi connectivity index (χ0) is 14.4. The van der Waals surface area contributed by atoms with Gasteiger partial charge >= 0.3 is 0 Å². The van der Waals surface area contributed by atoms with Crippen LogP contribution in [0.2, 0.25) is 0 Å². The fourth-order valence-electron chi connectivity index (χ4n) is 3.09. The molecule has 0 atom stereocenters. The molecule has 3 aromatic rings. The highest BCUT2D eigenvalue weighted by Crippen LogP contribution is 2.33. The van der Waals surface area contributed by atoms with Crippen molar-refractivity contribution in [3.8, 4) is 0 Å². The molecule has 0 saturated carbocycles. The largest absolute Gasteiger partial charge is 0.432 e. The summed E-state index contributed by atoms with van der Waals surface area (Å²) in [7, 11) is 0. The van der Waals surface area contributed by atoms with Crippen LogP contribution in [0.3, 0.4) is 0 Å². The lowest BCUT2D eigenvalue weighted by atomic mass is 10.1. The number of aryl methyl sites for hydroxylation is 2. The number of fused-ring (bicyclic) bond motifs is 3. The van der Waals surface area contributed by atoms with Gasteiger partial charge in [-0.05, 0) is 25.5 Å². The number of piperazine rings is 1. The highest BCUT2D eigenvalue weighted by atomic mass is 16.3. The molecule has 1 fully saturated rings. The molecule has 0 aromatic carbocycles. The van der Waals surface area contributed by atoms with Gasteiger partial charge in [-0.25, -0.2) is 15.0 Å². The Labute approximate surface area is 122 Å². The first-order valence-corrected chi connectivity index (χ1v) is 7.32. The SMILES string of the molecule is Cc1cc(C)c2c(n1)oc1c(N3CC[NH2+]CC3)ncnc12. The van der Waals surface area contributed by atoms with E-state index in [2.05, 4.69) is 38.2 Å². The third-order valence-corrected chi connectivity index (χ3v) is 4.04. The minimum Gasteiger partial charge on any atom is -0.432 e. The summed E-state index contributed by atoms with van der Waals surface area (Å²) >= 11 is 0. The number of rotatable bonds is 1. The van der Waals surface area contributed by atoms with Gasteiger partial charge in [0.05, 0.1) is 31.6 Å². The average molecular weight is 284 g/mol. The Bertz CT molecular complexity index is 820. The third kappa shape index (κ3) is 1.94. The highest BCUT2D eigenvalue weighted by molar-refractivity contribution is 6.06. The molecular formula is C15H18N5O+. The Balaban J connectivity index is 1.99. The first kappa shape index (κ1) is 12.5. The zero-order valence-electron chi connectivity index (χ0n) is 12.3. The maximum Gasteiger partial charge on any atom is 0.229 e. The van der Waals surface area contributed by atoms with Crippen molar-refractivity contribution >= 4 is 28.0 Å². The van der Waals surface area contributed by atoms with E-state index in [1.807, 2.05) is 6.92 Å². The smallest absolute Gasteiger partial charge is 0.229 e. The predicted molar refractivity (Wildman–Crippen MR) is 80.5 cm³/mol. The van der Waals surface area contributed by atoms with Crippen LogP contribution in [0.4, 0.5) is 5.82 Å². The van der Waals surface area contributed by atoms with E-state index in [9.17, 15) is 0 Å². The molecule has 0 aliphatic carbocycles. The Hall–Kier alpha value is -2.21. The minimum atomic E-state index is 0.660. The maximum absolute atomic E-state index is 6.01. The molecule has 0 amide bonds. The number of anilines is 1. The van der Waals surface area contributed by atoms with E-state index in [-0.39, 0.29) is 0 Å². The van der Waals surface area contributed by atoms with Gasteiger partial charge in [0.15, 0.2) is 11.4 Å². The number of hydrogen-bond donors (Lipinski definition) is 1. The zero-order valence-corrected chi connectivity index (χ0v) is 12.3. The van der Waals surface area contributed by atoms with Crippen LogP contribution >= 0.6 is 0 Å². The van der Waals surface area contributed by atoms with Gasteiger partial charge < -0.3 is 14.6 Å². The lowest BCUT2D eigenvalue weighted by Gasteiger charge is -2.25. The maximum atomic E-state index is 6.01. The van der Waals surface area contributed by atoms with Crippen molar-refractivity contribution in [2.45, 2.75) is 13.8 Å². The van der Waals surface area contributed by atoms with Crippen LogP contribution < -0.4 is 10.2 Å². The number of nitrogens with zero attached hydrogens (tertiary/aromatic N) is 4. The number of furan rings is 1. The molecule has 1 aliphatic rings. The van der Waals surface area contributed by atoms with Crippen molar-refractivity contribution in [1.82, 2.24) is 15.0 Å². The first-order chi connectivity index (χ1) is 10.2. The molecule has 21 heavy (non-hydrogen) atoms. The van der Waals surface area contributed by atoms with Gasteiger partial charge in [-0.15, -0.1) is 0 Å². The van der Waals surface area contributed by atoms with Crippen molar-refractivity contribution in [2.24, 2.45) is 0 Å². The normalized spacial score (nSPS) is 16.0. The fraction of sp³-hybridized carbons (Fsp3) is 0.400. The molecule has 3 aromatic heterocycles. The van der Waals surface area contributed by atoms with Crippen LogP contribution in [-0.4, -0.2) is 41.1 Å². The predicted octanol–water partition coefficient (Wildman–Crippen LogP) is 0.771. The summed E-state index contributed by atoms with van der Waals surface area (Å²) in [4.78, 5) is 15.7. The van der Waals surface area contributed by atoms with E-state index in [0.717, 1.165) is 59.7 Å². The average Bonchev–Trinajstić information content (AvgIpc) is 2.86. The van der Waals surface area contributed by atoms with Crippen molar-refractivity contribution in [3.63, 3.8) is 0 Å². The summed E-state index contributed by atoms with van der Waals surface area (Å²) in [5.41, 5.74) is 4.40. The van der Waals surface area contributed by atoms with E-state index < -0.39 is 0 Å². The van der Waals surface area contributed by atoms with E-state index in [1.165, 1.54) is 0 Å². The summed E-state index contributed by atoms with van der Waals surface area (Å²) in [6.07, 6.45) is 1.63. The van der Waals surface area contributed by atoms with Crippen LogP contribution in [0.15, 0.2) is 16.8 Å². The fourth-order valence-corrected chi connectivity index (χ4v) is 3.09. The molecule has 2 N–H and O–H groups in total. The third-order valence-electron chi connectivity index (χ3n) is 4.04. The summed E-state index contributed by atoms with van der Waals surface area (Å²) < 4.78 is 6.01. The molecule has 0 spiro atoms. The van der Waals surface area contributed by atoms with Crippen LogP contribution in [0.25, 0.3) is 22.2 Å². The number of nitrogens with two attached hydrogens (primary N) is 1. The number of aromatic nitrogens is 3. The molecule has 0 bridgehead atoms. The molecule has 1 aliphatic heterocycles. The monoisotopic (exact) mass is 284 g/mol. The number of quaternary nitrogens is 1. The van der Waals surface area contributed by atoms with Gasteiger partial charge in [0.2, 0.25) is 5.71 Å². The van der Waals surface area contributed by atoms with Crippen molar-refractivity contribution in [2.75, 3.05) is 31.1 Å². The Morgan fingerprint density at radius 1 is 1.19 bits per heavy atom. The topological polar surface area (TPSA) is 71.7 Å². The molecule has 4 heterocycles. The summed E-state index contributed by atoms with van der Waals surface area (Å²) in [5, 5.41) is 3.32. The standard InChI is InChI=1S/C15H17N5O/c1-9-7-10(2)19-15-11(9)12-13(21-15)14(18-8-17-12)20-5-3-16-4-6-20/h7-8,16H,3-6H2,1-2H3/p+1. The lowest BCUT2D eigenvalue weighted by molar-refractivity contribution is -0.655. The van der Waals surface area contributed by atoms with Crippen LogP contribution in [0, 0.1) is 13.8 Å². The Morgan fingerprint density at radius 2 is 2.00 bits per heavy atom. The molecule has 1 saturated heterocycles. The van der Waals surface area contributed by atoms with Gasteiger partial charge in [-0.2, -0.15) is 0 Å². The van der Waals surface area contributed by atoms with Gasteiger partial charge in [0.1, 0.15) is 11.8 Å². The molecule has 4 rings (SSSR count). The van der Waals surface area contributed by atoms with Gasteiger partial charge in [0, 0.05) is 5.69 Å². The van der Waals surface area contributed by atoms with Gasteiger partial charge in [-0.3, -0.25) is 0 Å². The summed E-state index contributed by atoms with van der Waals surface area (Å²) in [6, 6.07) is 2.06. The van der Waals surface area contributed by atoms with Crippen molar-refractivity contribution in [3.05, 3.63) is 23.7 Å². The molecule has 108 valence electrons. The van der Waals surface area contributed by atoms with Crippen LogP contribution in [0.5, 0.6) is 0 Å². The molecule has 6 heteroatoms. The van der Waals surface area contributed by atoms with E-state index in [4.69, 9.17) is 4.42 Å². The second-order valence-corrected chi connectivity index (χ2v) is 5.59. The van der Waals surface area contributed by atoms with Crippen molar-refractivity contribution in [1.29, 1.82) is 0 Å². The van der Waals surface area contributed by atoms with Crippen LogP contribution in [-0.2, 0) is 0 Å². The number of pyridine rings is 1. The lowest BCUT2D eigenvalue weighted by Crippen LogP contribution is -2.89. The van der Waals surface area contributed by atoms with Crippen molar-refractivity contribution < 1.29 is 9.73 Å². The molecule has 0 radical (unpaired) electrons. The number of hydrogen-bond acceptors (Lipinski definition) is 5.